The molecule has 0 radical (unpaired) electrons. The smallest absolute Gasteiger partial charge is 0.407 e. The molecule has 22 heavy (non-hydrogen) atoms. The molecule has 0 spiro atoms. The highest BCUT2D eigenvalue weighted by Gasteiger charge is 2.21. The van der Waals surface area contributed by atoms with Gasteiger partial charge >= 0.3 is 18.0 Å². The van der Waals surface area contributed by atoms with Crippen molar-refractivity contribution in [3.63, 3.8) is 0 Å². The summed E-state index contributed by atoms with van der Waals surface area (Å²) in [5, 5.41) is 35.2. The molecule has 0 bridgehead atoms. The molecule has 0 saturated heterocycles. The van der Waals surface area contributed by atoms with E-state index in [-0.39, 0.29) is 32.8 Å². The molecule has 0 aromatic heterocycles. The van der Waals surface area contributed by atoms with Gasteiger partial charge in [0.2, 0.25) is 0 Å². The van der Waals surface area contributed by atoms with Crippen LogP contribution < -0.4 is 5.32 Å². The van der Waals surface area contributed by atoms with Crippen molar-refractivity contribution in [1.29, 1.82) is 0 Å². The Morgan fingerprint density at radius 3 is 2.23 bits per heavy atom. The van der Waals surface area contributed by atoms with Crippen LogP contribution >= 0.6 is 0 Å². The van der Waals surface area contributed by atoms with Gasteiger partial charge in [0.05, 0.1) is 25.2 Å². The topological polar surface area (TPSA) is 175 Å². The quantitative estimate of drug-likeness (QED) is 0.221. The summed E-state index contributed by atoms with van der Waals surface area (Å²) in [7, 11) is 0. The van der Waals surface area contributed by atoms with Crippen molar-refractivity contribution >= 4 is 18.0 Å². The van der Waals surface area contributed by atoms with E-state index in [1.807, 2.05) is 5.32 Å². The van der Waals surface area contributed by atoms with E-state index in [4.69, 9.17) is 25.4 Å². The first-order valence-corrected chi connectivity index (χ1v) is 6.09. The van der Waals surface area contributed by atoms with Crippen LogP contribution in [0.1, 0.15) is 12.8 Å². The lowest BCUT2D eigenvalue weighted by atomic mass is 10.1. The van der Waals surface area contributed by atoms with E-state index < -0.39 is 35.9 Å². The third-order valence-corrected chi connectivity index (χ3v) is 2.13. The Balaban J connectivity index is 3.77. The second-order valence-corrected chi connectivity index (χ2v) is 3.80. The number of alkyl carbamates (subject to hydrolysis) is 1. The number of carbonyl (C=O) groups excluding carboxylic acids is 1. The van der Waals surface area contributed by atoms with E-state index in [9.17, 15) is 14.4 Å². The van der Waals surface area contributed by atoms with Crippen LogP contribution in [0.15, 0.2) is 0 Å². The fraction of sp³-hybridized carbons (Fsp3) is 0.700. The number of carbonyl (C=O) groups is 3. The monoisotopic (exact) mass is 326 g/mol. The van der Waals surface area contributed by atoms with Crippen LogP contribution in [0.4, 0.5) is 4.79 Å². The molecule has 12 heteroatoms. The largest absolute Gasteiger partial charge is 0.481 e. The van der Waals surface area contributed by atoms with Crippen molar-refractivity contribution in [1.82, 2.24) is 10.7 Å². The van der Waals surface area contributed by atoms with E-state index in [1.54, 1.807) is 0 Å². The molecule has 0 aromatic rings. The third-order valence-electron chi connectivity index (χ3n) is 2.13. The predicted molar refractivity (Wildman–Crippen MR) is 65.0 cm³/mol. The zero-order chi connectivity index (χ0) is 17.0. The van der Waals surface area contributed by atoms with Crippen LogP contribution in [0.2, 0.25) is 0 Å². The Kier molecular flexibility index (Phi) is 10.6. The van der Waals surface area contributed by atoms with Gasteiger partial charge < -0.3 is 25.0 Å². The van der Waals surface area contributed by atoms with E-state index in [0.717, 1.165) is 0 Å². The first kappa shape index (κ1) is 20.0. The Hall–Kier alpha value is -1.99. The minimum Gasteiger partial charge on any atom is -0.481 e. The molecule has 1 atom stereocenters. The van der Waals surface area contributed by atoms with E-state index >= 15 is 0 Å². The lowest BCUT2D eigenvalue weighted by Gasteiger charge is -2.13. The van der Waals surface area contributed by atoms with Gasteiger partial charge in [-0.05, 0) is 6.42 Å². The van der Waals surface area contributed by atoms with Gasteiger partial charge in [0.15, 0.2) is 0 Å². The average molecular weight is 326 g/mol. The van der Waals surface area contributed by atoms with Crippen molar-refractivity contribution in [2.24, 2.45) is 0 Å². The number of hydrogen-bond acceptors (Lipinski definition) is 9. The number of carboxylic acid groups (broad SMARTS) is 2. The summed E-state index contributed by atoms with van der Waals surface area (Å²) in [5.74, 6) is -2.55. The molecular formula is C10H18N2O10. The standard InChI is InChI=1S/C10H18N2O10/c13-8(14)2-1-7(9(15)16)11-10(17)21-5-3-20-4-6-22-12(18)19/h7,18-19H,1-6H2,(H,11,17)(H,13,14)(H,15,16). The van der Waals surface area contributed by atoms with Gasteiger partial charge in [-0.3, -0.25) is 15.2 Å². The molecule has 0 saturated carbocycles. The molecular weight excluding hydrogens is 308 g/mol. The fourth-order valence-corrected chi connectivity index (χ4v) is 1.18. The second kappa shape index (κ2) is 11.6. The van der Waals surface area contributed by atoms with Gasteiger partial charge in [-0.25, -0.2) is 14.4 Å². The van der Waals surface area contributed by atoms with Crippen LogP contribution in [0.25, 0.3) is 0 Å². The number of hydrogen-bond donors (Lipinski definition) is 5. The molecule has 128 valence electrons. The molecule has 1 amide bonds. The van der Waals surface area contributed by atoms with Crippen LogP contribution in [-0.4, -0.2) is 76.5 Å². The number of nitrogens with zero attached hydrogens (tertiary/aromatic N) is 1. The van der Waals surface area contributed by atoms with Gasteiger partial charge in [-0.15, -0.1) is 0 Å². The molecule has 0 heterocycles. The summed E-state index contributed by atoms with van der Waals surface area (Å²) in [5.41, 5.74) is 0. The summed E-state index contributed by atoms with van der Waals surface area (Å²) in [6, 6.07) is -1.36. The van der Waals surface area contributed by atoms with Crippen molar-refractivity contribution in [3.8, 4) is 0 Å². The summed E-state index contributed by atoms with van der Waals surface area (Å²) >= 11 is 0. The van der Waals surface area contributed by atoms with Crippen LogP contribution in [-0.2, 0) is 23.9 Å². The highest BCUT2D eigenvalue weighted by Crippen LogP contribution is 1.98. The van der Waals surface area contributed by atoms with Crippen molar-refractivity contribution in [2.45, 2.75) is 18.9 Å². The zero-order valence-corrected chi connectivity index (χ0v) is 11.5. The normalized spacial score (nSPS) is 12.0. The molecule has 0 aromatic carbocycles. The number of ether oxygens (including phenoxy) is 2. The van der Waals surface area contributed by atoms with E-state index in [2.05, 4.69) is 9.57 Å². The van der Waals surface area contributed by atoms with Gasteiger partial charge in [0, 0.05) is 6.42 Å². The highest BCUT2D eigenvalue weighted by atomic mass is 17.1. The molecule has 0 fully saturated rings. The third kappa shape index (κ3) is 11.8. The molecule has 5 N–H and O–H groups in total. The molecule has 12 nitrogen and oxygen atoms in total. The Morgan fingerprint density at radius 2 is 1.68 bits per heavy atom. The SMILES string of the molecule is O=C(O)CCC(NC(=O)OCCOCCON(O)O)C(=O)O. The van der Waals surface area contributed by atoms with Gasteiger partial charge in [0.25, 0.3) is 0 Å². The zero-order valence-electron chi connectivity index (χ0n) is 11.5. The summed E-state index contributed by atoms with van der Waals surface area (Å²) in [6.07, 6.45) is -1.70. The summed E-state index contributed by atoms with van der Waals surface area (Å²) < 4.78 is 9.51. The lowest BCUT2D eigenvalue weighted by molar-refractivity contribution is -0.493. The van der Waals surface area contributed by atoms with Crippen LogP contribution in [0.5, 0.6) is 0 Å². The first-order chi connectivity index (χ1) is 10.3. The van der Waals surface area contributed by atoms with Crippen molar-refractivity contribution in [3.05, 3.63) is 0 Å². The van der Waals surface area contributed by atoms with E-state index in [1.165, 1.54) is 0 Å². The number of rotatable bonds is 12. The number of aliphatic carboxylic acids is 2. The van der Waals surface area contributed by atoms with Crippen LogP contribution in [0.3, 0.4) is 0 Å². The predicted octanol–water partition coefficient (Wildman–Crippen LogP) is -0.941. The number of amides is 1. The molecule has 0 aliphatic carbocycles. The Labute approximate surface area is 124 Å². The van der Waals surface area contributed by atoms with Gasteiger partial charge in [-0.2, -0.15) is 0 Å². The average Bonchev–Trinajstić information content (AvgIpc) is 2.41. The highest BCUT2D eigenvalue weighted by molar-refractivity contribution is 5.80. The molecule has 0 rings (SSSR count). The fourth-order valence-electron chi connectivity index (χ4n) is 1.18. The first-order valence-electron chi connectivity index (χ1n) is 6.09. The number of nitrogens with one attached hydrogen (secondary N) is 1. The minimum atomic E-state index is -1.37. The van der Waals surface area contributed by atoms with Gasteiger partial charge in [0.1, 0.15) is 12.6 Å². The van der Waals surface area contributed by atoms with Crippen molar-refractivity contribution < 1.29 is 49.3 Å². The lowest BCUT2D eigenvalue weighted by Crippen LogP contribution is -2.41. The molecule has 0 aliphatic rings. The second-order valence-electron chi connectivity index (χ2n) is 3.80. The maximum Gasteiger partial charge on any atom is 0.407 e. The van der Waals surface area contributed by atoms with Crippen molar-refractivity contribution in [2.75, 3.05) is 26.4 Å². The molecule has 1 unspecified atom stereocenters. The Morgan fingerprint density at radius 1 is 1.05 bits per heavy atom. The minimum absolute atomic E-state index is 0.00103. The van der Waals surface area contributed by atoms with E-state index in [0.29, 0.717) is 0 Å². The maximum atomic E-state index is 11.3. The summed E-state index contributed by atoms with van der Waals surface area (Å²) in [6.45, 7) is -0.353. The molecule has 0 aliphatic heterocycles. The Bertz CT molecular complexity index is 362. The maximum absolute atomic E-state index is 11.3. The van der Waals surface area contributed by atoms with Gasteiger partial charge in [-0.1, -0.05) is 0 Å². The number of carboxylic acids is 2. The van der Waals surface area contributed by atoms with Crippen LogP contribution in [0, 0.1) is 0 Å². The summed E-state index contributed by atoms with van der Waals surface area (Å²) in [4.78, 5) is 36.6.